The molecule has 1 heterocycles. The van der Waals surface area contributed by atoms with E-state index in [1.807, 2.05) is 0 Å². The number of aliphatic carboxylic acids is 1. The molecule has 1 rings (SSSR count). The lowest BCUT2D eigenvalue weighted by atomic mass is 10.1. The van der Waals surface area contributed by atoms with E-state index in [1.165, 1.54) is 0 Å². The predicted octanol–water partition coefficient (Wildman–Crippen LogP) is 1.73. The van der Waals surface area contributed by atoms with Gasteiger partial charge in [0.25, 0.3) is 0 Å². The number of nitrogens with zero attached hydrogens (tertiary/aromatic N) is 1. The van der Waals surface area contributed by atoms with E-state index in [-0.39, 0.29) is 5.56 Å². The van der Waals surface area contributed by atoms with Crippen molar-refractivity contribution >= 4 is 5.97 Å². The second-order valence-electron chi connectivity index (χ2n) is 2.65. The van der Waals surface area contributed by atoms with Gasteiger partial charge in [-0.25, -0.2) is 0 Å². The fraction of sp³-hybridized carbons (Fsp3) is 0.250. The number of carboxylic acids is 1. The minimum absolute atomic E-state index is 0.0346. The second-order valence-corrected chi connectivity index (χ2v) is 2.65. The highest BCUT2D eigenvalue weighted by atomic mass is 19.4. The van der Waals surface area contributed by atoms with E-state index in [9.17, 15) is 18.0 Å². The van der Waals surface area contributed by atoms with Crippen molar-refractivity contribution in [1.82, 2.24) is 4.98 Å². The van der Waals surface area contributed by atoms with Crippen molar-refractivity contribution in [3.63, 3.8) is 0 Å². The van der Waals surface area contributed by atoms with Crippen molar-refractivity contribution in [1.29, 1.82) is 0 Å². The Balaban J connectivity index is 2.95. The molecule has 0 unspecified atom stereocenters. The van der Waals surface area contributed by atoms with Crippen LogP contribution in [-0.4, -0.2) is 16.1 Å². The Hall–Kier alpha value is -1.59. The number of pyridine rings is 1. The van der Waals surface area contributed by atoms with Crippen LogP contribution in [0.4, 0.5) is 13.2 Å². The van der Waals surface area contributed by atoms with Gasteiger partial charge in [0, 0.05) is 12.4 Å². The standard InChI is InChI=1S/C8H6F3NO2/c9-8(10,11)6-1-5(2-7(13)14)3-12-4-6/h1,3-4H,2H2,(H,13,14). The molecule has 0 bridgehead atoms. The number of carbonyl (C=O) groups is 1. The summed E-state index contributed by atoms with van der Waals surface area (Å²) in [6, 6.07) is 0.779. The maximum atomic E-state index is 12.1. The quantitative estimate of drug-likeness (QED) is 0.799. The number of alkyl halides is 3. The van der Waals surface area contributed by atoms with Gasteiger partial charge in [-0.15, -0.1) is 0 Å². The molecule has 0 aliphatic rings. The van der Waals surface area contributed by atoms with Crippen LogP contribution < -0.4 is 0 Å². The van der Waals surface area contributed by atoms with Crippen LogP contribution in [0.3, 0.4) is 0 Å². The molecule has 0 aromatic carbocycles. The highest BCUT2D eigenvalue weighted by Crippen LogP contribution is 2.28. The summed E-state index contributed by atoms with van der Waals surface area (Å²) in [6.45, 7) is 0. The Morgan fingerprint density at radius 2 is 2.07 bits per heavy atom. The van der Waals surface area contributed by atoms with E-state index >= 15 is 0 Å². The third kappa shape index (κ3) is 2.72. The van der Waals surface area contributed by atoms with Gasteiger partial charge in [-0.3, -0.25) is 9.78 Å². The maximum absolute atomic E-state index is 12.1. The summed E-state index contributed by atoms with van der Waals surface area (Å²) >= 11 is 0. The molecular weight excluding hydrogens is 199 g/mol. The second kappa shape index (κ2) is 3.65. The van der Waals surface area contributed by atoms with Gasteiger partial charge in [-0.2, -0.15) is 13.2 Å². The van der Waals surface area contributed by atoms with Gasteiger partial charge in [-0.1, -0.05) is 0 Å². The molecule has 1 N–H and O–H groups in total. The summed E-state index contributed by atoms with van der Waals surface area (Å²) in [4.78, 5) is 13.5. The van der Waals surface area contributed by atoms with Gasteiger partial charge in [-0.05, 0) is 11.6 Å². The molecule has 0 aliphatic carbocycles. The highest BCUT2D eigenvalue weighted by Gasteiger charge is 2.31. The van der Waals surface area contributed by atoms with Crippen LogP contribution in [0.1, 0.15) is 11.1 Å². The van der Waals surface area contributed by atoms with E-state index in [0.29, 0.717) is 6.20 Å². The number of hydrogen-bond acceptors (Lipinski definition) is 2. The smallest absolute Gasteiger partial charge is 0.417 e. The average Bonchev–Trinajstić information content (AvgIpc) is 2.01. The van der Waals surface area contributed by atoms with Crippen LogP contribution in [0.2, 0.25) is 0 Å². The molecule has 0 saturated heterocycles. The third-order valence-electron chi connectivity index (χ3n) is 1.48. The fourth-order valence-electron chi connectivity index (χ4n) is 0.914. The lowest BCUT2D eigenvalue weighted by Crippen LogP contribution is -2.08. The van der Waals surface area contributed by atoms with Crippen LogP contribution in [0, 0.1) is 0 Å². The van der Waals surface area contributed by atoms with Crippen molar-refractivity contribution in [2.45, 2.75) is 12.6 Å². The molecule has 76 valence electrons. The number of rotatable bonds is 2. The number of halogens is 3. The minimum atomic E-state index is -4.48. The van der Waals surface area contributed by atoms with Gasteiger partial charge in [0.1, 0.15) is 0 Å². The number of carboxylic acid groups (broad SMARTS) is 1. The Morgan fingerprint density at radius 1 is 1.43 bits per heavy atom. The topological polar surface area (TPSA) is 50.2 Å². The minimum Gasteiger partial charge on any atom is -0.481 e. The van der Waals surface area contributed by atoms with E-state index in [2.05, 4.69) is 4.98 Å². The van der Waals surface area contributed by atoms with E-state index in [0.717, 1.165) is 12.3 Å². The molecule has 0 spiro atoms. The zero-order valence-electron chi connectivity index (χ0n) is 6.88. The molecule has 6 heteroatoms. The van der Waals surface area contributed by atoms with Crippen LogP contribution in [0.15, 0.2) is 18.5 Å². The van der Waals surface area contributed by atoms with Gasteiger partial charge in [0.15, 0.2) is 0 Å². The van der Waals surface area contributed by atoms with Crippen LogP contribution in [0.25, 0.3) is 0 Å². The normalized spacial score (nSPS) is 11.4. The fourth-order valence-corrected chi connectivity index (χ4v) is 0.914. The number of aromatic nitrogens is 1. The highest BCUT2D eigenvalue weighted by molar-refractivity contribution is 5.70. The summed E-state index contributed by atoms with van der Waals surface area (Å²) in [5.74, 6) is -1.19. The van der Waals surface area contributed by atoms with Crippen LogP contribution in [0.5, 0.6) is 0 Å². The molecule has 0 saturated carbocycles. The van der Waals surface area contributed by atoms with E-state index < -0.39 is 24.1 Å². The van der Waals surface area contributed by atoms with E-state index in [4.69, 9.17) is 5.11 Å². The predicted molar refractivity (Wildman–Crippen MR) is 40.6 cm³/mol. The average molecular weight is 205 g/mol. The molecule has 0 atom stereocenters. The Morgan fingerprint density at radius 3 is 2.57 bits per heavy atom. The summed E-state index contributed by atoms with van der Waals surface area (Å²) in [5.41, 5.74) is -0.899. The first-order valence-corrected chi connectivity index (χ1v) is 3.62. The maximum Gasteiger partial charge on any atom is 0.417 e. The number of hydrogen-bond donors (Lipinski definition) is 1. The van der Waals surface area contributed by atoms with Crippen LogP contribution in [-0.2, 0) is 17.4 Å². The molecule has 1 aromatic heterocycles. The first-order valence-electron chi connectivity index (χ1n) is 3.62. The zero-order chi connectivity index (χ0) is 10.8. The molecule has 0 amide bonds. The first-order chi connectivity index (χ1) is 6.39. The summed E-state index contributed by atoms with van der Waals surface area (Å²) in [7, 11) is 0. The molecule has 0 radical (unpaired) electrons. The van der Waals surface area contributed by atoms with Gasteiger partial charge in [0.2, 0.25) is 0 Å². The molecule has 0 aliphatic heterocycles. The van der Waals surface area contributed by atoms with Crippen LogP contribution >= 0.6 is 0 Å². The van der Waals surface area contributed by atoms with Crippen molar-refractivity contribution in [3.05, 3.63) is 29.6 Å². The molecule has 0 fully saturated rings. The van der Waals surface area contributed by atoms with Gasteiger partial charge >= 0.3 is 12.1 Å². The Kier molecular flexibility index (Phi) is 2.73. The lowest BCUT2D eigenvalue weighted by Gasteiger charge is -2.06. The summed E-state index contributed by atoms with van der Waals surface area (Å²) in [6.07, 6.45) is -3.19. The molecule has 3 nitrogen and oxygen atoms in total. The Labute approximate surface area is 77.2 Å². The summed E-state index contributed by atoms with van der Waals surface area (Å²) < 4.78 is 36.4. The van der Waals surface area contributed by atoms with Gasteiger partial charge in [0.05, 0.1) is 12.0 Å². The third-order valence-corrected chi connectivity index (χ3v) is 1.48. The van der Waals surface area contributed by atoms with Crippen molar-refractivity contribution in [3.8, 4) is 0 Å². The Bertz CT molecular complexity index is 349. The first kappa shape index (κ1) is 10.5. The molecular formula is C8H6F3NO2. The van der Waals surface area contributed by atoms with Gasteiger partial charge < -0.3 is 5.11 Å². The van der Waals surface area contributed by atoms with Crippen molar-refractivity contribution < 1.29 is 23.1 Å². The van der Waals surface area contributed by atoms with Crippen molar-refractivity contribution in [2.24, 2.45) is 0 Å². The van der Waals surface area contributed by atoms with Crippen molar-refractivity contribution in [2.75, 3.05) is 0 Å². The molecule has 1 aromatic rings. The monoisotopic (exact) mass is 205 g/mol. The lowest BCUT2D eigenvalue weighted by molar-refractivity contribution is -0.139. The SMILES string of the molecule is O=C(O)Cc1cncc(C(F)(F)F)c1. The largest absolute Gasteiger partial charge is 0.481 e. The molecule has 14 heavy (non-hydrogen) atoms. The van der Waals surface area contributed by atoms with E-state index in [1.54, 1.807) is 0 Å². The zero-order valence-corrected chi connectivity index (χ0v) is 6.88. The summed E-state index contributed by atoms with van der Waals surface area (Å²) in [5, 5.41) is 8.35.